The molecule has 0 unspecified atom stereocenters. The first-order valence-electron chi connectivity index (χ1n) is 7.90. The van der Waals surface area contributed by atoms with Gasteiger partial charge in [-0.1, -0.05) is 36.4 Å². The predicted octanol–water partition coefficient (Wildman–Crippen LogP) is 4.00. The van der Waals surface area contributed by atoms with Gasteiger partial charge in [0, 0.05) is 29.9 Å². The van der Waals surface area contributed by atoms with E-state index in [0.29, 0.717) is 11.1 Å². The summed E-state index contributed by atoms with van der Waals surface area (Å²) in [4.78, 5) is 27.0. The van der Waals surface area contributed by atoms with Crippen molar-refractivity contribution in [2.75, 3.05) is 18.0 Å². The molecule has 0 amide bonds. The summed E-state index contributed by atoms with van der Waals surface area (Å²) in [5, 5.41) is 0. The fraction of sp³-hybridized carbons (Fsp3) is 0.200. The van der Waals surface area contributed by atoms with Crippen LogP contribution in [0, 0.1) is 0 Å². The Kier molecular flexibility index (Phi) is 4.11. The Hall–Kier alpha value is -2.68. The van der Waals surface area contributed by atoms with Gasteiger partial charge in [0.25, 0.3) is 0 Å². The summed E-state index contributed by atoms with van der Waals surface area (Å²) in [7, 11) is 0. The van der Waals surface area contributed by atoms with Gasteiger partial charge in [-0.15, -0.1) is 0 Å². The van der Waals surface area contributed by atoms with E-state index in [1.807, 2.05) is 24.3 Å². The van der Waals surface area contributed by atoms with Crippen molar-refractivity contribution in [3.8, 4) is 0 Å². The second-order valence-corrected chi connectivity index (χ2v) is 5.53. The zero-order valence-corrected chi connectivity index (χ0v) is 13.4. The van der Waals surface area contributed by atoms with Crippen LogP contribution in [-0.4, -0.2) is 24.7 Å². The number of hydrogen-bond donors (Lipinski definition) is 0. The van der Waals surface area contributed by atoms with Gasteiger partial charge in [-0.2, -0.15) is 0 Å². The Morgan fingerprint density at radius 1 is 0.826 bits per heavy atom. The lowest BCUT2D eigenvalue weighted by Crippen LogP contribution is -2.21. The van der Waals surface area contributed by atoms with Crippen molar-refractivity contribution in [3.05, 3.63) is 70.8 Å². The van der Waals surface area contributed by atoms with Gasteiger partial charge in [-0.05, 0) is 37.6 Å². The van der Waals surface area contributed by atoms with Gasteiger partial charge in [-0.25, -0.2) is 0 Å². The fourth-order valence-corrected chi connectivity index (χ4v) is 2.94. The third kappa shape index (κ3) is 2.70. The number of hydrogen-bond acceptors (Lipinski definition) is 3. The van der Waals surface area contributed by atoms with Gasteiger partial charge >= 0.3 is 0 Å². The molecule has 1 aliphatic carbocycles. The molecule has 0 aromatic heterocycles. The third-order valence-corrected chi connectivity index (χ3v) is 4.24. The fourth-order valence-electron chi connectivity index (χ4n) is 2.94. The van der Waals surface area contributed by atoms with Crippen LogP contribution < -0.4 is 4.90 Å². The maximum atomic E-state index is 12.4. The number of Topliss-reactive ketones (excluding diaryl/α,β-unsaturated/α-hetero) is 2. The normalized spacial score (nSPS) is 13.2. The number of carbonyl (C=O) groups is 2. The molecular weight excluding hydrogens is 286 g/mol. The number of fused-ring (bicyclic) bond motifs is 1. The summed E-state index contributed by atoms with van der Waals surface area (Å²) in [5.74, 6) is -0.364. The second kappa shape index (κ2) is 6.21. The highest BCUT2D eigenvalue weighted by atomic mass is 16.2. The minimum atomic E-state index is -0.182. The molecule has 0 N–H and O–H groups in total. The Labute approximate surface area is 136 Å². The smallest absolute Gasteiger partial charge is 0.197 e. The van der Waals surface area contributed by atoms with Crippen LogP contribution in [0.15, 0.2) is 54.1 Å². The van der Waals surface area contributed by atoms with E-state index in [2.05, 4.69) is 18.7 Å². The maximum Gasteiger partial charge on any atom is 0.197 e. The summed E-state index contributed by atoms with van der Waals surface area (Å²) in [6.45, 7) is 6.13. The lowest BCUT2D eigenvalue weighted by molar-refractivity contribution is 0.0990. The topological polar surface area (TPSA) is 37.4 Å². The molecule has 23 heavy (non-hydrogen) atoms. The van der Waals surface area contributed by atoms with Crippen LogP contribution in [-0.2, 0) is 0 Å². The van der Waals surface area contributed by atoms with Gasteiger partial charge in [0.1, 0.15) is 0 Å². The molecule has 0 saturated carbocycles. The van der Waals surface area contributed by atoms with Crippen molar-refractivity contribution >= 4 is 23.3 Å². The van der Waals surface area contributed by atoms with E-state index in [0.717, 1.165) is 24.3 Å². The van der Waals surface area contributed by atoms with E-state index < -0.39 is 0 Å². The van der Waals surface area contributed by atoms with Gasteiger partial charge in [0.2, 0.25) is 0 Å². The SMILES string of the molecule is CCN(CC)c1ccc(C=C2C(=O)c3ccccc3C2=O)cc1. The zero-order chi connectivity index (χ0) is 16.4. The van der Waals surface area contributed by atoms with Crippen molar-refractivity contribution < 1.29 is 9.59 Å². The summed E-state index contributed by atoms with van der Waals surface area (Å²) in [6, 6.07) is 14.9. The molecule has 3 rings (SSSR count). The maximum absolute atomic E-state index is 12.4. The van der Waals surface area contributed by atoms with Crippen molar-refractivity contribution in [1.29, 1.82) is 0 Å². The van der Waals surface area contributed by atoms with E-state index >= 15 is 0 Å². The Morgan fingerprint density at radius 3 is 1.83 bits per heavy atom. The predicted molar refractivity (Wildman–Crippen MR) is 93.1 cm³/mol. The van der Waals surface area contributed by atoms with Crippen molar-refractivity contribution in [3.63, 3.8) is 0 Å². The molecule has 2 aromatic carbocycles. The molecule has 3 nitrogen and oxygen atoms in total. The van der Waals surface area contributed by atoms with Crippen LogP contribution in [0.25, 0.3) is 6.08 Å². The molecule has 0 fully saturated rings. The number of anilines is 1. The Bertz CT molecular complexity index is 747. The monoisotopic (exact) mass is 305 g/mol. The van der Waals surface area contributed by atoms with E-state index in [-0.39, 0.29) is 17.1 Å². The quantitative estimate of drug-likeness (QED) is 0.633. The number of carbonyl (C=O) groups excluding carboxylic acids is 2. The molecule has 0 radical (unpaired) electrons. The van der Waals surface area contributed by atoms with Crippen molar-refractivity contribution in [2.24, 2.45) is 0 Å². The number of nitrogens with zero attached hydrogens (tertiary/aromatic N) is 1. The molecule has 116 valence electrons. The van der Waals surface area contributed by atoms with E-state index in [4.69, 9.17) is 0 Å². The summed E-state index contributed by atoms with van der Waals surface area (Å²) in [5.41, 5.74) is 3.27. The third-order valence-electron chi connectivity index (χ3n) is 4.24. The molecule has 0 spiro atoms. The van der Waals surface area contributed by atoms with E-state index in [1.165, 1.54) is 0 Å². The zero-order valence-electron chi connectivity index (χ0n) is 13.4. The van der Waals surface area contributed by atoms with Gasteiger partial charge < -0.3 is 4.90 Å². The number of benzene rings is 2. The van der Waals surface area contributed by atoms with Crippen molar-refractivity contribution in [1.82, 2.24) is 0 Å². The van der Waals surface area contributed by atoms with E-state index in [1.54, 1.807) is 30.3 Å². The molecule has 1 aliphatic rings. The molecule has 0 bridgehead atoms. The lowest BCUT2D eigenvalue weighted by Gasteiger charge is -2.20. The first-order chi connectivity index (χ1) is 11.2. The lowest BCUT2D eigenvalue weighted by atomic mass is 10.1. The largest absolute Gasteiger partial charge is 0.372 e. The standard InChI is InChI=1S/C20H19NO2/c1-3-21(4-2)15-11-9-14(10-12-15)13-18-19(22)16-7-5-6-8-17(16)20(18)23/h5-13H,3-4H2,1-2H3. The van der Waals surface area contributed by atoms with Gasteiger partial charge in [0.15, 0.2) is 11.6 Å². The van der Waals surface area contributed by atoms with Crippen LogP contribution in [0.2, 0.25) is 0 Å². The van der Waals surface area contributed by atoms with Crippen molar-refractivity contribution in [2.45, 2.75) is 13.8 Å². The van der Waals surface area contributed by atoms with Crippen LogP contribution in [0.4, 0.5) is 5.69 Å². The molecule has 0 saturated heterocycles. The Morgan fingerprint density at radius 2 is 1.35 bits per heavy atom. The summed E-state index contributed by atoms with van der Waals surface area (Å²) in [6.07, 6.45) is 1.69. The second-order valence-electron chi connectivity index (χ2n) is 5.53. The first kappa shape index (κ1) is 15.2. The molecule has 2 aromatic rings. The minimum absolute atomic E-state index is 0.182. The van der Waals surface area contributed by atoms with Crippen LogP contribution in [0.5, 0.6) is 0 Å². The highest BCUT2D eigenvalue weighted by molar-refractivity contribution is 6.41. The molecule has 0 heterocycles. The average molecular weight is 305 g/mol. The average Bonchev–Trinajstić information content (AvgIpc) is 2.83. The number of allylic oxidation sites excluding steroid dienone is 1. The van der Waals surface area contributed by atoms with Crippen LogP contribution >= 0.6 is 0 Å². The van der Waals surface area contributed by atoms with Crippen LogP contribution in [0.3, 0.4) is 0 Å². The highest BCUT2D eigenvalue weighted by Crippen LogP contribution is 2.28. The summed E-state index contributed by atoms with van der Waals surface area (Å²) >= 11 is 0. The number of rotatable bonds is 4. The first-order valence-corrected chi connectivity index (χ1v) is 7.90. The molecule has 0 aliphatic heterocycles. The summed E-state index contributed by atoms with van der Waals surface area (Å²) < 4.78 is 0. The molecule has 0 atom stereocenters. The minimum Gasteiger partial charge on any atom is -0.372 e. The van der Waals surface area contributed by atoms with E-state index in [9.17, 15) is 9.59 Å². The highest BCUT2D eigenvalue weighted by Gasteiger charge is 2.32. The number of ketones is 2. The van der Waals surface area contributed by atoms with Gasteiger partial charge in [-0.3, -0.25) is 9.59 Å². The molecular formula is C20H19NO2. The Balaban J connectivity index is 1.91. The van der Waals surface area contributed by atoms with Gasteiger partial charge in [0.05, 0.1) is 5.57 Å². The molecule has 3 heteroatoms. The van der Waals surface area contributed by atoms with Crippen LogP contribution in [0.1, 0.15) is 40.1 Å².